The van der Waals surface area contributed by atoms with E-state index in [2.05, 4.69) is 93.5 Å². The van der Waals surface area contributed by atoms with Crippen molar-refractivity contribution >= 4 is 30.6 Å². The highest BCUT2D eigenvalue weighted by Gasteiger charge is 2.40. The Bertz CT molecular complexity index is 1720. The summed E-state index contributed by atoms with van der Waals surface area (Å²) in [5.41, 5.74) is 6.70. The highest BCUT2D eigenvalue weighted by molar-refractivity contribution is 6.40. The third-order valence-corrected chi connectivity index (χ3v) is 7.85. The molecule has 4 heterocycles. The second-order valence-electron chi connectivity index (χ2n) is 11.1. The van der Waals surface area contributed by atoms with E-state index in [9.17, 15) is 9.90 Å². The van der Waals surface area contributed by atoms with Gasteiger partial charge >= 0.3 is 7.55 Å². The molecule has 4 aromatic rings. The number of fused-ring (bicyclic) bond motifs is 2. The molecule has 2 aliphatic rings. The molecule has 0 spiro atoms. The second kappa shape index (κ2) is 12.3. The minimum absolute atomic E-state index is 0.103. The number of aromatic nitrogens is 4. The smallest absolute Gasteiger partial charge is 0.387 e. The summed E-state index contributed by atoms with van der Waals surface area (Å²) in [6, 6.07) is 22.5. The predicted molar refractivity (Wildman–Crippen MR) is 169 cm³/mol. The van der Waals surface area contributed by atoms with Crippen LogP contribution >= 0.6 is 0 Å². The molecule has 2 aliphatic heterocycles. The fourth-order valence-corrected chi connectivity index (χ4v) is 5.70. The molecule has 1 atom stereocenters. The van der Waals surface area contributed by atoms with E-state index in [4.69, 9.17) is 0 Å². The molecule has 0 aliphatic carbocycles. The van der Waals surface area contributed by atoms with Crippen LogP contribution in [0.5, 0.6) is 0 Å². The molecule has 10 heteroatoms. The van der Waals surface area contributed by atoms with Gasteiger partial charge in [-0.15, -0.1) is 5.10 Å². The van der Waals surface area contributed by atoms with Crippen molar-refractivity contribution in [1.29, 1.82) is 0 Å². The van der Waals surface area contributed by atoms with Crippen molar-refractivity contribution in [3.8, 4) is 5.82 Å². The van der Waals surface area contributed by atoms with Crippen LogP contribution in [0.25, 0.3) is 11.4 Å². The van der Waals surface area contributed by atoms with Crippen molar-refractivity contribution < 1.29 is 14.5 Å². The van der Waals surface area contributed by atoms with Crippen molar-refractivity contribution in [3.05, 3.63) is 113 Å². The van der Waals surface area contributed by atoms with Gasteiger partial charge in [0.15, 0.2) is 0 Å². The normalized spacial score (nSPS) is 15.7. The van der Waals surface area contributed by atoms with Gasteiger partial charge in [0.25, 0.3) is 5.84 Å². The number of rotatable bonds is 10. The van der Waals surface area contributed by atoms with E-state index in [0.717, 1.165) is 65.7 Å². The monoisotopic (exact) mass is 573 g/mol. The Morgan fingerprint density at radius 3 is 2.58 bits per heavy atom. The Kier molecular flexibility index (Phi) is 8.11. The van der Waals surface area contributed by atoms with Gasteiger partial charge in [-0.25, -0.2) is 4.68 Å². The molecule has 1 amide bonds. The molecule has 1 radical (unpaired) electrons. The average Bonchev–Trinajstić information content (AvgIpc) is 3.75. The number of hydrogen-bond donors (Lipinski definition) is 2. The molecule has 0 saturated carbocycles. The topological polar surface area (TPSA) is 91.2 Å². The van der Waals surface area contributed by atoms with E-state index in [1.54, 1.807) is 4.68 Å². The minimum atomic E-state index is -0.640. The first-order chi connectivity index (χ1) is 20.9. The number of nitrogens with zero attached hydrogens (tertiary/aromatic N) is 6. The third-order valence-electron chi connectivity index (χ3n) is 7.85. The number of hydrogen-bond acceptors (Lipinski definition) is 4. The molecule has 43 heavy (non-hydrogen) atoms. The van der Waals surface area contributed by atoms with Crippen LogP contribution in [0.4, 0.5) is 5.69 Å². The van der Waals surface area contributed by atoms with Gasteiger partial charge in [0.1, 0.15) is 23.8 Å². The quantitative estimate of drug-likeness (QED) is 0.160. The number of amides is 1. The lowest BCUT2D eigenvalue weighted by Crippen LogP contribution is -2.41. The van der Waals surface area contributed by atoms with E-state index in [1.165, 1.54) is 12.5 Å². The summed E-state index contributed by atoms with van der Waals surface area (Å²) in [6.07, 6.45) is 9.28. The van der Waals surface area contributed by atoms with Crippen LogP contribution in [0.3, 0.4) is 0 Å². The number of carbonyl (C=O) groups is 1. The van der Waals surface area contributed by atoms with Gasteiger partial charge < -0.3 is 14.9 Å². The molecule has 2 N–H and O–H groups in total. The van der Waals surface area contributed by atoms with Crippen LogP contribution in [-0.2, 0) is 11.3 Å². The number of aliphatic hydroxyl groups excluding tert-OH is 1. The van der Waals surface area contributed by atoms with Gasteiger partial charge in [0.2, 0.25) is 5.91 Å². The fraction of sp³-hybridized carbons (Fsp3) is 0.273. The average molecular weight is 574 g/mol. The number of amidine groups is 1. The molecule has 1 unspecified atom stereocenters. The zero-order valence-corrected chi connectivity index (χ0v) is 24.8. The fourth-order valence-electron chi connectivity index (χ4n) is 5.70. The highest BCUT2D eigenvalue weighted by Crippen LogP contribution is 2.37. The lowest BCUT2D eigenvalue weighted by atomic mass is 9.91. The van der Waals surface area contributed by atoms with Crippen LogP contribution in [-0.4, -0.2) is 60.3 Å². The molecule has 217 valence electrons. The third kappa shape index (κ3) is 5.83. The van der Waals surface area contributed by atoms with Gasteiger partial charge in [0.05, 0.1) is 19.3 Å². The number of anilines is 1. The summed E-state index contributed by atoms with van der Waals surface area (Å²) < 4.78 is 6.09. The lowest BCUT2D eigenvalue weighted by molar-refractivity contribution is -0.516. The number of carbonyl (C=O) groups excluding carboxylic acids is 1. The summed E-state index contributed by atoms with van der Waals surface area (Å²) in [7, 11) is 4.19. The predicted octanol–water partition coefficient (Wildman–Crippen LogP) is 4.91. The molecular formula is C33H36BN7O2+. The van der Waals surface area contributed by atoms with Gasteiger partial charge in [-0.2, -0.15) is 0 Å². The van der Waals surface area contributed by atoms with Crippen LogP contribution in [0.2, 0.25) is 0 Å². The Morgan fingerprint density at radius 2 is 1.84 bits per heavy atom. The van der Waals surface area contributed by atoms with Crippen molar-refractivity contribution in [1.82, 2.24) is 24.3 Å². The van der Waals surface area contributed by atoms with Gasteiger partial charge in [-0.1, -0.05) is 73.9 Å². The maximum Gasteiger partial charge on any atom is 0.553 e. The first kappa shape index (κ1) is 28.4. The van der Waals surface area contributed by atoms with Gasteiger partial charge in [0, 0.05) is 30.0 Å². The van der Waals surface area contributed by atoms with Crippen LogP contribution in [0.1, 0.15) is 68.1 Å². The summed E-state index contributed by atoms with van der Waals surface area (Å²) in [5.74, 6) is 1.76. The van der Waals surface area contributed by atoms with E-state index >= 15 is 0 Å². The summed E-state index contributed by atoms with van der Waals surface area (Å²) in [6.45, 7) is 4.42. The standard InChI is InChI=1S/C33H35BN7O2/c1-4-5-7-12-30(43)27-22-39(37-36-27)32-20-18-29-33(25-13-15-26(16-14-25)35-23(2)42)28-17-19-31(40(28)34-41(29)32)38(3)21-24-10-8-6-9-11-24/h6,8-11,13-20,22,30,43H,4-5,7,12,21H2,1-3H3/p+1. The van der Waals surface area contributed by atoms with Crippen molar-refractivity contribution in [3.63, 3.8) is 0 Å². The molecule has 0 bridgehead atoms. The summed E-state index contributed by atoms with van der Waals surface area (Å²) in [5, 5.41) is 22.3. The maximum atomic E-state index is 11.6. The molecular weight excluding hydrogens is 537 g/mol. The van der Waals surface area contributed by atoms with Crippen molar-refractivity contribution in [2.24, 2.45) is 0 Å². The highest BCUT2D eigenvalue weighted by atomic mass is 16.3. The minimum Gasteiger partial charge on any atom is -0.387 e. The lowest BCUT2D eigenvalue weighted by Gasteiger charge is -2.26. The Balaban J connectivity index is 1.40. The molecule has 2 aromatic heterocycles. The Hall–Kier alpha value is -4.70. The SMILES string of the molecule is CCCCCC(O)c1cn(-c2ccc3n2[B]N2C(=C3c3ccc(NC(C)=O)cc3)C=CC2=[N+](C)Cc2ccccc2)nn1. The number of nitrogens with one attached hydrogen (secondary N) is 1. The number of unbranched alkanes of at least 4 members (excludes halogenated alkanes) is 2. The Labute approximate surface area is 252 Å². The van der Waals surface area contributed by atoms with Crippen LogP contribution in [0.15, 0.2) is 90.8 Å². The van der Waals surface area contributed by atoms with Gasteiger partial charge in [-0.3, -0.25) is 14.2 Å². The van der Waals surface area contributed by atoms with Crippen molar-refractivity contribution in [2.45, 2.75) is 52.2 Å². The number of allylic oxidation sites excluding steroid dienone is 1. The van der Waals surface area contributed by atoms with E-state index in [0.29, 0.717) is 12.1 Å². The van der Waals surface area contributed by atoms with Gasteiger partial charge in [-0.05, 0) is 47.9 Å². The molecule has 0 fully saturated rings. The van der Waals surface area contributed by atoms with E-state index < -0.39 is 6.10 Å². The van der Waals surface area contributed by atoms with E-state index in [-0.39, 0.29) is 5.91 Å². The zero-order valence-electron chi connectivity index (χ0n) is 24.8. The Morgan fingerprint density at radius 1 is 1.05 bits per heavy atom. The summed E-state index contributed by atoms with van der Waals surface area (Å²) >= 11 is 0. The molecule has 6 rings (SSSR count). The van der Waals surface area contributed by atoms with E-state index in [1.807, 2.05) is 42.6 Å². The number of aliphatic hydroxyl groups is 1. The maximum absolute atomic E-state index is 11.6. The van der Waals surface area contributed by atoms with Crippen LogP contribution in [0, 0.1) is 0 Å². The largest absolute Gasteiger partial charge is 0.553 e. The molecule has 9 nitrogen and oxygen atoms in total. The van der Waals surface area contributed by atoms with Crippen LogP contribution < -0.4 is 5.32 Å². The molecule has 2 aromatic carbocycles. The second-order valence-corrected chi connectivity index (χ2v) is 11.1. The first-order valence-corrected chi connectivity index (χ1v) is 14.8. The molecule has 0 saturated heterocycles. The zero-order chi connectivity index (χ0) is 29.9. The number of benzene rings is 2. The first-order valence-electron chi connectivity index (χ1n) is 14.8. The summed E-state index contributed by atoms with van der Waals surface area (Å²) in [4.78, 5) is 13.8. The van der Waals surface area contributed by atoms with Crippen molar-refractivity contribution in [2.75, 3.05) is 12.4 Å².